The van der Waals surface area contributed by atoms with Gasteiger partial charge in [0.15, 0.2) is 0 Å². The average Bonchev–Trinajstić information content (AvgIpc) is 1.88. The molecule has 1 aromatic carbocycles. The maximum atomic E-state index is 12.3. The molecule has 0 N–H and O–H groups in total. The van der Waals surface area contributed by atoms with Crippen LogP contribution in [0.1, 0.15) is 7.43 Å². The van der Waals surface area contributed by atoms with Crippen molar-refractivity contribution in [3.05, 3.63) is 30.1 Å². The molecule has 0 aliphatic carbocycles. The number of hydrogen-bond donors (Lipinski definition) is 0. The first kappa shape index (κ1) is 9.95. The molecule has 0 saturated heterocycles. The Labute approximate surface area is 67.5 Å². The van der Waals surface area contributed by atoms with E-state index in [9.17, 15) is 4.39 Å². The van der Waals surface area contributed by atoms with Crippen LogP contribution in [0.25, 0.3) is 0 Å². The Kier molecular flexibility index (Phi) is 3.58. The van der Waals surface area contributed by atoms with E-state index in [1.165, 1.54) is 12.1 Å². The Balaban J connectivity index is 0.000001000. The molecule has 0 spiro atoms. The first-order valence-corrected chi connectivity index (χ1v) is 3.13. The molecule has 11 heavy (non-hydrogen) atoms. The predicted octanol–water partition coefficient (Wildman–Crippen LogP) is 2.53. The van der Waals surface area contributed by atoms with Gasteiger partial charge in [-0.1, -0.05) is 7.43 Å². The molecule has 0 atom stereocenters. The van der Waals surface area contributed by atoms with E-state index in [1.54, 1.807) is 12.1 Å². The zero-order valence-electron chi connectivity index (χ0n) is 6.13. The SMILES string of the molecule is C.CN(C)c1ccc(F)cc1. The molecule has 0 amide bonds. The van der Waals surface area contributed by atoms with Crippen molar-refractivity contribution in [3.63, 3.8) is 0 Å². The zero-order chi connectivity index (χ0) is 7.56. The molecule has 0 radical (unpaired) electrons. The van der Waals surface area contributed by atoms with Gasteiger partial charge in [-0.25, -0.2) is 4.39 Å². The molecule has 0 bridgehead atoms. The van der Waals surface area contributed by atoms with Crippen LogP contribution in [0.15, 0.2) is 24.3 Å². The maximum absolute atomic E-state index is 12.3. The van der Waals surface area contributed by atoms with Crippen LogP contribution in [0.5, 0.6) is 0 Å². The van der Waals surface area contributed by atoms with Crippen LogP contribution in [-0.2, 0) is 0 Å². The highest BCUT2D eigenvalue weighted by atomic mass is 19.1. The highest BCUT2D eigenvalue weighted by Crippen LogP contribution is 2.10. The number of rotatable bonds is 1. The van der Waals surface area contributed by atoms with Gasteiger partial charge >= 0.3 is 0 Å². The lowest BCUT2D eigenvalue weighted by atomic mass is 10.3. The highest BCUT2D eigenvalue weighted by Gasteiger charge is 1.92. The van der Waals surface area contributed by atoms with Crippen molar-refractivity contribution in [2.75, 3.05) is 19.0 Å². The summed E-state index contributed by atoms with van der Waals surface area (Å²) in [5, 5.41) is 0. The lowest BCUT2D eigenvalue weighted by Gasteiger charge is -2.10. The molecular formula is C9H14FN. The fourth-order valence-electron chi connectivity index (χ4n) is 0.739. The van der Waals surface area contributed by atoms with E-state index in [2.05, 4.69) is 0 Å². The fourth-order valence-corrected chi connectivity index (χ4v) is 0.739. The monoisotopic (exact) mass is 155 g/mol. The van der Waals surface area contributed by atoms with Crippen LogP contribution < -0.4 is 4.90 Å². The Hall–Kier alpha value is -1.05. The van der Waals surface area contributed by atoms with Gasteiger partial charge in [-0.3, -0.25) is 0 Å². The Morgan fingerprint density at radius 3 is 1.91 bits per heavy atom. The van der Waals surface area contributed by atoms with Crippen LogP contribution in [0, 0.1) is 5.82 Å². The molecule has 0 heterocycles. The molecule has 1 nitrogen and oxygen atoms in total. The summed E-state index contributed by atoms with van der Waals surface area (Å²) in [6.07, 6.45) is 0. The van der Waals surface area contributed by atoms with Gasteiger partial charge in [0.05, 0.1) is 0 Å². The number of anilines is 1. The smallest absolute Gasteiger partial charge is 0.123 e. The van der Waals surface area contributed by atoms with Crippen LogP contribution in [-0.4, -0.2) is 14.1 Å². The largest absolute Gasteiger partial charge is 0.378 e. The third-order valence-electron chi connectivity index (χ3n) is 1.34. The summed E-state index contributed by atoms with van der Waals surface area (Å²) in [4.78, 5) is 1.93. The highest BCUT2D eigenvalue weighted by molar-refractivity contribution is 5.44. The van der Waals surface area contributed by atoms with Crippen LogP contribution in [0.2, 0.25) is 0 Å². The van der Waals surface area contributed by atoms with Crippen molar-refractivity contribution in [1.29, 1.82) is 0 Å². The standard InChI is InChI=1S/C8H10FN.CH4/c1-10(2)8-5-3-7(9)4-6-8;/h3-6H,1-2H3;1H4. The minimum absolute atomic E-state index is 0. The van der Waals surface area contributed by atoms with Crippen LogP contribution in [0.3, 0.4) is 0 Å². The second kappa shape index (κ2) is 3.96. The summed E-state index contributed by atoms with van der Waals surface area (Å²) < 4.78 is 12.3. The van der Waals surface area contributed by atoms with E-state index >= 15 is 0 Å². The summed E-state index contributed by atoms with van der Waals surface area (Å²) >= 11 is 0. The third kappa shape index (κ3) is 2.58. The second-order valence-electron chi connectivity index (χ2n) is 2.37. The van der Waals surface area contributed by atoms with E-state index < -0.39 is 0 Å². The number of benzene rings is 1. The molecule has 2 heteroatoms. The lowest BCUT2D eigenvalue weighted by molar-refractivity contribution is 0.628. The summed E-state index contributed by atoms with van der Waals surface area (Å²) in [6, 6.07) is 6.40. The molecule has 1 rings (SSSR count). The summed E-state index contributed by atoms with van der Waals surface area (Å²) in [7, 11) is 3.85. The summed E-state index contributed by atoms with van der Waals surface area (Å²) in [5.74, 6) is -0.189. The summed E-state index contributed by atoms with van der Waals surface area (Å²) in [6.45, 7) is 0. The molecule has 0 aliphatic heterocycles. The van der Waals surface area contributed by atoms with E-state index in [0.717, 1.165) is 5.69 Å². The Morgan fingerprint density at radius 2 is 1.55 bits per heavy atom. The van der Waals surface area contributed by atoms with Gasteiger partial charge in [0.2, 0.25) is 0 Å². The van der Waals surface area contributed by atoms with Gasteiger partial charge in [0, 0.05) is 19.8 Å². The van der Waals surface area contributed by atoms with Crippen molar-refractivity contribution in [2.24, 2.45) is 0 Å². The van der Waals surface area contributed by atoms with Gasteiger partial charge in [0.1, 0.15) is 5.82 Å². The minimum Gasteiger partial charge on any atom is -0.378 e. The molecular weight excluding hydrogens is 141 g/mol. The van der Waals surface area contributed by atoms with Crippen molar-refractivity contribution in [2.45, 2.75) is 7.43 Å². The molecule has 0 unspecified atom stereocenters. The van der Waals surface area contributed by atoms with E-state index in [4.69, 9.17) is 0 Å². The topological polar surface area (TPSA) is 3.24 Å². The quantitative estimate of drug-likeness (QED) is 0.602. The number of hydrogen-bond acceptors (Lipinski definition) is 1. The van der Waals surface area contributed by atoms with E-state index in [1.807, 2.05) is 19.0 Å². The van der Waals surface area contributed by atoms with Crippen molar-refractivity contribution in [3.8, 4) is 0 Å². The van der Waals surface area contributed by atoms with Crippen molar-refractivity contribution < 1.29 is 4.39 Å². The average molecular weight is 155 g/mol. The minimum atomic E-state index is -0.189. The summed E-state index contributed by atoms with van der Waals surface area (Å²) in [5.41, 5.74) is 1.02. The van der Waals surface area contributed by atoms with Crippen molar-refractivity contribution >= 4 is 5.69 Å². The molecule has 0 fully saturated rings. The van der Waals surface area contributed by atoms with Gasteiger partial charge in [-0.15, -0.1) is 0 Å². The van der Waals surface area contributed by atoms with Gasteiger partial charge in [-0.05, 0) is 24.3 Å². The Morgan fingerprint density at radius 1 is 1.09 bits per heavy atom. The molecule has 1 aromatic rings. The molecule has 62 valence electrons. The van der Waals surface area contributed by atoms with Crippen LogP contribution in [0.4, 0.5) is 10.1 Å². The number of nitrogens with zero attached hydrogens (tertiary/aromatic N) is 1. The van der Waals surface area contributed by atoms with Crippen LogP contribution >= 0.6 is 0 Å². The van der Waals surface area contributed by atoms with Crippen molar-refractivity contribution in [1.82, 2.24) is 0 Å². The molecule has 0 saturated carbocycles. The van der Waals surface area contributed by atoms with E-state index in [-0.39, 0.29) is 13.2 Å². The normalized spacial score (nSPS) is 8.64. The second-order valence-corrected chi connectivity index (χ2v) is 2.37. The van der Waals surface area contributed by atoms with Gasteiger partial charge < -0.3 is 4.90 Å². The first-order valence-electron chi connectivity index (χ1n) is 3.13. The third-order valence-corrected chi connectivity index (χ3v) is 1.34. The zero-order valence-corrected chi connectivity index (χ0v) is 6.13. The lowest BCUT2D eigenvalue weighted by Crippen LogP contribution is -2.07. The van der Waals surface area contributed by atoms with E-state index in [0.29, 0.717) is 0 Å². The maximum Gasteiger partial charge on any atom is 0.123 e. The number of halogens is 1. The predicted molar refractivity (Wildman–Crippen MR) is 47.5 cm³/mol. The van der Waals surface area contributed by atoms with Gasteiger partial charge in [0.25, 0.3) is 0 Å². The molecule has 0 aliphatic rings. The van der Waals surface area contributed by atoms with Gasteiger partial charge in [-0.2, -0.15) is 0 Å². The first-order chi connectivity index (χ1) is 4.70. The molecule has 0 aromatic heterocycles. The fraction of sp³-hybridized carbons (Fsp3) is 0.333. The Bertz CT molecular complexity index is 203.